The van der Waals surface area contributed by atoms with Crippen LogP contribution in [0.1, 0.15) is 37.7 Å². The van der Waals surface area contributed by atoms with Crippen molar-refractivity contribution in [3.05, 3.63) is 29.8 Å². The molecular formula is C17H22O2. The first-order valence-electron chi connectivity index (χ1n) is 7.56. The number of hydrogen-bond donors (Lipinski definition) is 1. The Morgan fingerprint density at radius 2 is 2.00 bits per heavy atom. The van der Waals surface area contributed by atoms with E-state index in [1.54, 1.807) is 6.07 Å². The van der Waals surface area contributed by atoms with Crippen LogP contribution in [0.25, 0.3) is 0 Å². The number of phenols is 1. The summed E-state index contributed by atoms with van der Waals surface area (Å²) >= 11 is 0. The summed E-state index contributed by atoms with van der Waals surface area (Å²) in [5, 5.41) is 9.81. The minimum atomic E-state index is -0.141. The molecule has 0 radical (unpaired) electrons. The van der Waals surface area contributed by atoms with Crippen LogP contribution in [0.4, 0.5) is 0 Å². The van der Waals surface area contributed by atoms with Crippen molar-refractivity contribution in [1.82, 2.24) is 0 Å². The van der Waals surface area contributed by atoms with Crippen LogP contribution < -0.4 is 0 Å². The highest BCUT2D eigenvalue weighted by Gasteiger charge is 2.57. The third-order valence-electron chi connectivity index (χ3n) is 5.99. The zero-order chi connectivity index (χ0) is 13.0. The second kappa shape index (κ2) is 3.99. The SMILES string of the molecule is CO[C@@]1(c2cccc(O)c2)CC2CC3CC(C2)C1C3. The van der Waals surface area contributed by atoms with Gasteiger partial charge < -0.3 is 9.84 Å². The van der Waals surface area contributed by atoms with Gasteiger partial charge in [-0.15, -0.1) is 0 Å². The van der Waals surface area contributed by atoms with E-state index < -0.39 is 0 Å². The largest absolute Gasteiger partial charge is 0.508 e. The van der Waals surface area contributed by atoms with Crippen molar-refractivity contribution in [3.8, 4) is 5.75 Å². The molecule has 2 heteroatoms. The maximum absolute atomic E-state index is 9.81. The number of rotatable bonds is 2. The maximum atomic E-state index is 9.81. The van der Waals surface area contributed by atoms with Crippen molar-refractivity contribution < 1.29 is 9.84 Å². The van der Waals surface area contributed by atoms with Gasteiger partial charge in [0.2, 0.25) is 0 Å². The monoisotopic (exact) mass is 258 g/mol. The third kappa shape index (κ3) is 1.59. The van der Waals surface area contributed by atoms with Gasteiger partial charge in [-0.2, -0.15) is 0 Å². The van der Waals surface area contributed by atoms with Crippen LogP contribution in [-0.2, 0) is 10.3 Å². The maximum Gasteiger partial charge on any atom is 0.115 e. The molecule has 5 atom stereocenters. The van der Waals surface area contributed by atoms with E-state index in [1.807, 2.05) is 19.2 Å². The molecule has 3 aliphatic rings. The van der Waals surface area contributed by atoms with Crippen molar-refractivity contribution in [2.24, 2.45) is 23.7 Å². The summed E-state index contributed by atoms with van der Waals surface area (Å²) in [6.45, 7) is 0. The predicted octanol–water partition coefficient (Wildman–Crippen LogP) is 3.69. The van der Waals surface area contributed by atoms with Gasteiger partial charge in [0.1, 0.15) is 5.75 Å². The lowest BCUT2D eigenvalue weighted by molar-refractivity contribution is -0.116. The fourth-order valence-corrected chi connectivity index (χ4v) is 5.46. The first-order chi connectivity index (χ1) is 9.21. The second-order valence-electron chi connectivity index (χ2n) is 6.89. The normalized spacial score (nSPS) is 43.6. The molecule has 1 aromatic rings. The topological polar surface area (TPSA) is 29.5 Å². The van der Waals surface area contributed by atoms with Gasteiger partial charge in [-0.1, -0.05) is 12.1 Å². The Morgan fingerprint density at radius 1 is 1.16 bits per heavy atom. The molecule has 1 aromatic carbocycles. The zero-order valence-corrected chi connectivity index (χ0v) is 11.5. The van der Waals surface area contributed by atoms with Gasteiger partial charge in [-0.05, 0) is 73.5 Å². The summed E-state index contributed by atoms with van der Waals surface area (Å²) in [6, 6.07) is 7.76. The highest BCUT2D eigenvalue weighted by atomic mass is 16.5. The van der Waals surface area contributed by atoms with E-state index in [4.69, 9.17) is 4.74 Å². The Hall–Kier alpha value is -1.02. The summed E-state index contributed by atoms with van der Waals surface area (Å²) in [6.07, 6.45) is 6.68. The Bertz CT molecular complexity index is 496. The first kappa shape index (κ1) is 11.8. The van der Waals surface area contributed by atoms with Crippen LogP contribution in [-0.4, -0.2) is 12.2 Å². The lowest BCUT2D eigenvalue weighted by Crippen LogP contribution is -2.45. The van der Waals surface area contributed by atoms with Crippen LogP contribution in [0.15, 0.2) is 24.3 Å². The molecule has 0 aromatic heterocycles. The van der Waals surface area contributed by atoms with Crippen LogP contribution in [0.3, 0.4) is 0 Å². The van der Waals surface area contributed by atoms with Crippen LogP contribution in [0, 0.1) is 23.7 Å². The Morgan fingerprint density at radius 3 is 2.79 bits per heavy atom. The summed E-state index contributed by atoms with van der Waals surface area (Å²) < 4.78 is 6.12. The molecule has 2 nitrogen and oxygen atoms in total. The smallest absolute Gasteiger partial charge is 0.115 e. The summed E-state index contributed by atoms with van der Waals surface area (Å²) in [5.74, 6) is 3.62. The molecule has 3 bridgehead atoms. The third-order valence-corrected chi connectivity index (χ3v) is 5.99. The number of methoxy groups -OCH3 is 1. The lowest BCUT2D eigenvalue weighted by Gasteiger charge is -2.48. The van der Waals surface area contributed by atoms with E-state index in [1.165, 1.54) is 31.2 Å². The molecule has 4 unspecified atom stereocenters. The van der Waals surface area contributed by atoms with Crippen molar-refractivity contribution in [3.63, 3.8) is 0 Å². The molecule has 19 heavy (non-hydrogen) atoms. The minimum Gasteiger partial charge on any atom is -0.508 e. The molecule has 0 aliphatic heterocycles. The highest BCUT2D eigenvalue weighted by molar-refractivity contribution is 5.33. The minimum absolute atomic E-state index is 0.141. The summed E-state index contributed by atoms with van der Waals surface area (Å²) in [5.41, 5.74) is 1.05. The highest BCUT2D eigenvalue weighted by Crippen LogP contribution is 2.62. The van der Waals surface area contributed by atoms with Crippen molar-refractivity contribution in [2.75, 3.05) is 7.11 Å². The van der Waals surface area contributed by atoms with Gasteiger partial charge in [0.25, 0.3) is 0 Å². The van der Waals surface area contributed by atoms with Gasteiger partial charge in [0.05, 0.1) is 5.60 Å². The molecule has 0 saturated heterocycles. The average molecular weight is 258 g/mol. The number of aromatic hydroxyl groups is 1. The molecule has 0 spiro atoms. The zero-order valence-electron chi connectivity index (χ0n) is 11.5. The number of fused-ring (bicyclic) bond motifs is 2. The van der Waals surface area contributed by atoms with Gasteiger partial charge >= 0.3 is 0 Å². The quantitative estimate of drug-likeness (QED) is 0.876. The standard InChI is InChI=1S/C17H22O2/c1-19-17(14-3-2-4-15(18)9-14)10-12-5-11-6-13(7-12)16(17)8-11/h2-4,9,11-13,16,18H,5-8,10H2,1H3/t11?,12?,13?,16?,17-/m1/s1. The number of phenolic OH excluding ortho intramolecular Hbond substituents is 1. The number of ether oxygens (including phenoxy) is 1. The molecule has 1 N–H and O–H groups in total. The first-order valence-corrected chi connectivity index (χ1v) is 7.56. The molecule has 102 valence electrons. The van der Waals surface area contributed by atoms with Gasteiger partial charge in [0, 0.05) is 7.11 Å². The Labute approximate surface area is 114 Å². The van der Waals surface area contributed by atoms with Gasteiger partial charge in [-0.25, -0.2) is 0 Å². The molecule has 4 rings (SSSR count). The average Bonchev–Trinajstić information content (AvgIpc) is 2.64. The Kier molecular flexibility index (Phi) is 2.47. The van der Waals surface area contributed by atoms with Crippen LogP contribution in [0.5, 0.6) is 5.75 Å². The second-order valence-corrected chi connectivity index (χ2v) is 6.89. The number of hydrogen-bond acceptors (Lipinski definition) is 2. The molecule has 3 aliphatic carbocycles. The molecule has 3 saturated carbocycles. The fourth-order valence-electron chi connectivity index (χ4n) is 5.46. The summed E-state index contributed by atoms with van der Waals surface area (Å²) in [4.78, 5) is 0. The van der Waals surface area contributed by atoms with Crippen molar-refractivity contribution in [1.29, 1.82) is 0 Å². The van der Waals surface area contributed by atoms with E-state index in [0.29, 0.717) is 11.7 Å². The van der Waals surface area contributed by atoms with Gasteiger partial charge in [0.15, 0.2) is 0 Å². The van der Waals surface area contributed by atoms with Gasteiger partial charge in [-0.3, -0.25) is 0 Å². The van der Waals surface area contributed by atoms with E-state index >= 15 is 0 Å². The van der Waals surface area contributed by atoms with Crippen LogP contribution in [0.2, 0.25) is 0 Å². The van der Waals surface area contributed by atoms with Crippen molar-refractivity contribution in [2.45, 2.75) is 37.7 Å². The van der Waals surface area contributed by atoms with E-state index in [0.717, 1.165) is 24.2 Å². The summed E-state index contributed by atoms with van der Waals surface area (Å²) in [7, 11) is 1.86. The molecular weight excluding hydrogens is 236 g/mol. The fraction of sp³-hybridized carbons (Fsp3) is 0.647. The van der Waals surface area contributed by atoms with E-state index in [-0.39, 0.29) is 5.60 Å². The molecule has 0 amide bonds. The lowest BCUT2D eigenvalue weighted by atomic mass is 9.63. The predicted molar refractivity (Wildman–Crippen MR) is 73.8 cm³/mol. The molecule has 3 fully saturated rings. The molecule has 0 heterocycles. The van der Waals surface area contributed by atoms with Crippen molar-refractivity contribution >= 4 is 0 Å². The van der Waals surface area contributed by atoms with E-state index in [9.17, 15) is 5.11 Å². The van der Waals surface area contributed by atoms with E-state index in [2.05, 4.69) is 6.07 Å². The Balaban J connectivity index is 1.82. The number of benzene rings is 1. The van der Waals surface area contributed by atoms with Crippen LogP contribution >= 0.6 is 0 Å².